The first-order valence-corrected chi connectivity index (χ1v) is 16.8. The molecule has 248 valence electrons. The van der Waals surface area contributed by atoms with Gasteiger partial charge in [0.15, 0.2) is 5.82 Å². The lowest BCUT2D eigenvalue weighted by atomic mass is 9.89. The normalized spacial score (nSPS) is 30.2. The summed E-state index contributed by atoms with van der Waals surface area (Å²) in [6, 6.07) is 5.58. The molecule has 7 heterocycles. The summed E-state index contributed by atoms with van der Waals surface area (Å²) < 4.78 is 59.1. The Balaban J connectivity index is 1.21. The predicted octanol–water partition coefficient (Wildman–Crippen LogP) is 5.34. The van der Waals surface area contributed by atoms with Gasteiger partial charge in [0.2, 0.25) is 5.88 Å². The molecule has 1 unspecified atom stereocenters. The first kappa shape index (κ1) is 29.9. The second-order valence-electron chi connectivity index (χ2n) is 14.3. The number of pyridine rings is 2. The Morgan fingerprint density at radius 3 is 2.81 bits per heavy atom. The summed E-state index contributed by atoms with van der Waals surface area (Å²) in [6.45, 7) is 6.63. The van der Waals surface area contributed by atoms with Gasteiger partial charge in [-0.15, -0.1) is 6.42 Å². The van der Waals surface area contributed by atoms with Crippen LogP contribution in [0.1, 0.15) is 51.5 Å². The standard InChI is InChI=1S/C36H36F3N7O2/c1-4-21-8-6-9-22-12-40-13-24(26(21)22)29-28(37)30-27-31(46-15-23(5-2)41-14-25(46)20(3)48-32(27)42-29)44-33(43-30)47-19-35-10-7-11-45(35)18-34(16-35)17-36(34,38)39/h1,6,8-9,12-13,20,23,25,41H,5,7,10-11,14-19H2,2-3H3/t20-,23+,25-,34?,35-/m0/s1. The lowest BCUT2D eigenvalue weighted by Gasteiger charge is -2.42. The molecule has 5 aliphatic rings. The Kier molecular flexibility index (Phi) is 6.47. The number of hydrogen-bond donors (Lipinski definition) is 1. The lowest BCUT2D eigenvalue weighted by molar-refractivity contribution is 0.0647. The summed E-state index contributed by atoms with van der Waals surface area (Å²) in [7, 11) is 0. The highest BCUT2D eigenvalue weighted by atomic mass is 19.3. The van der Waals surface area contributed by atoms with Crippen molar-refractivity contribution in [2.75, 3.05) is 37.7 Å². The first-order chi connectivity index (χ1) is 23.2. The van der Waals surface area contributed by atoms with Crippen molar-refractivity contribution < 1.29 is 22.6 Å². The number of aromatic nitrogens is 4. The van der Waals surface area contributed by atoms with Gasteiger partial charge in [-0.1, -0.05) is 25.0 Å². The molecule has 5 atom stereocenters. The molecule has 4 aromatic rings. The van der Waals surface area contributed by atoms with Gasteiger partial charge in [0.25, 0.3) is 5.92 Å². The molecular formula is C36H36F3N7O2. The van der Waals surface area contributed by atoms with Crippen LogP contribution in [0.5, 0.6) is 11.9 Å². The molecule has 4 aliphatic heterocycles. The molecule has 48 heavy (non-hydrogen) atoms. The Morgan fingerprint density at radius 1 is 1.17 bits per heavy atom. The van der Waals surface area contributed by atoms with E-state index in [1.54, 1.807) is 18.5 Å². The van der Waals surface area contributed by atoms with Gasteiger partial charge in [-0.05, 0) is 45.2 Å². The van der Waals surface area contributed by atoms with Gasteiger partial charge in [-0.2, -0.15) is 9.97 Å². The number of benzene rings is 1. The summed E-state index contributed by atoms with van der Waals surface area (Å²) in [6.07, 6.45) is 11.7. The molecule has 0 amide bonds. The number of alkyl halides is 2. The van der Waals surface area contributed by atoms with Crippen LogP contribution in [0.3, 0.4) is 0 Å². The summed E-state index contributed by atoms with van der Waals surface area (Å²) in [5.41, 5.74) is -0.465. The van der Waals surface area contributed by atoms with Crippen molar-refractivity contribution in [3.63, 3.8) is 0 Å². The number of nitrogens with one attached hydrogen (secondary N) is 1. The quantitative estimate of drug-likeness (QED) is 0.287. The van der Waals surface area contributed by atoms with Crippen molar-refractivity contribution in [2.45, 2.75) is 75.6 Å². The fraction of sp³-hybridized carbons (Fsp3) is 0.500. The number of terminal acetylenes is 1. The number of halogens is 3. The molecule has 0 radical (unpaired) electrons. The van der Waals surface area contributed by atoms with Crippen molar-refractivity contribution in [3.05, 3.63) is 42.0 Å². The highest BCUT2D eigenvalue weighted by Crippen LogP contribution is 2.69. The van der Waals surface area contributed by atoms with Crippen molar-refractivity contribution in [1.29, 1.82) is 0 Å². The lowest BCUT2D eigenvalue weighted by Crippen LogP contribution is -2.60. The molecule has 0 bridgehead atoms. The number of rotatable bonds is 5. The molecule has 1 aliphatic carbocycles. The van der Waals surface area contributed by atoms with E-state index in [0.29, 0.717) is 53.8 Å². The Hall–Kier alpha value is -4.21. The molecular weight excluding hydrogens is 619 g/mol. The zero-order valence-corrected chi connectivity index (χ0v) is 26.9. The predicted molar refractivity (Wildman–Crippen MR) is 175 cm³/mol. The van der Waals surface area contributed by atoms with Crippen LogP contribution in [0.25, 0.3) is 32.9 Å². The third-order valence-corrected chi connectivity index (χ3v) is 11.5. The van der Waals surface area contributed by atoms with E-state index in [9.17, 15) is 8.78 Å². The fourth-order valence-corrected chi connectivity index (χ4v) is 8.85. The maximum atomic E-state index is 17.1. The van der Waals surface area contributed by atoms with Crippen molar-refractivity contribution in [3.8, 4) is 35.5 Å². The zero-order valence-electron chi connectivity index (χ0n) is 26.9. The van der Waals surface area contributed by atoms with Crippen LogP contribution in [-0.4, -0.2) is 87.3 Å². The average molecular weight is 656 g/mol. The SMILES string of the molecule is C#Cc1cccc2cncc(-c3nc4c5c(nc(OC[C@@]67CCCN6CC6(CC6(F)F)C7)nc5c3F)N3C[C@@H](CC)NC[C@H]3[C@H](C)O4)c12. The van der Waals surface area contributed by atoms with E-state index in [-0.39, 0.29) is 54.3 Å². The van der Waals surface area contributed by atoms with E-state index in [4.69, 9.17) is 25.9 Å². The van der Waals surface area contributed by atoms with E-state index >= 15 is 4.39 Å². The van der Waals surface area contributed by atoms with Gasteiger partial charge in [-0.25, -0.2) is 18.2 Å². The smallest absolute Gasteiger partial charge is 0.319 e. The summed E-state index contributed by atoms with van der Waals surface area (Å²) in [5.74, 6) is 0.120. The van der Waals surface area contributed by atoms with Crippen molar-refractivity contribution in [1.82, 2.24) is 30.2 Å². The Morgan fingerprint density at radius 2 is 2.02 bits per heavy atom. The molecule has 4 fully saturated rings. The van der Waals surface area contributed by atoms with Gasteiger partial charge < -0.3 is 19.7 Å². The minimum Gasteiger partial charge on any atom is -0.472 e. The molecule has 9 rings (SSSR count). The topological polar surface area (TPSA) is 88.5 Å². The number of fused-ring (bicyclic) bond motifs is 4. The third-order valence-electron chi connectivity index (χ3n) is 11.5. The summed E-state index contributed by atoms with van der Waals surface area (Å²) in [4.78, 5) is 23.1. The minimum atomic E-state index is -2.64. The van der Waals surface area contributed by atoms with E-state index < -0.39 is 22.7 Å². The number of anilines is 1. The summed E-state index contributed by atoms with van der Waals surface area (Å²) >= 11 is 0. The van der Waals surface area contributed by atoms with Crippen LogP contribution in [-0.2, 0) is 0 Å². The molecule has 9 nitrogen and oxygen atoms in total. The average Bonchev–Trinajstić information content (AvgIpc) is 3.30. The third kappa shape index (κ3) is 4.26. The highest BCUT2D eigenvalue weighted by molar-refractivity contribution is 6.03. The van der Waals surface area contributed by atoms with Gasteiger partial charge in [0.05, 0.1) is 17.0 Å². The molecule has 1 spiro atoms. The van der Waals surface area contributed by atoms with E-state index in [2.05, 4.69) is 37.9 Å². The zero-order chi connectivity index (χ0) is 33.0. The minimum absolute atomic E-state index is 0.00414. The van der Waals surface area contributed by atoms with Crippen LogP contribution in [0, 0.1) is 23.6 Å². The van der Waals surface area contributed by atoms with Crippen LogP contribution < -0.4 is 19.7 Å². The fourth-order valence-electron chi connectivity index (χ4n) is 8.85. The number of hydrogen-bond acceptors (Lipinski definition) is 9. The van der Waals surface area contributed by atoms with Gasteiger partial charge >= 0.3 is 6.01 Å². The van der Waals surface area contributed by atoms with Crippen LogP contribution in [0.4, 0.5) is 19.0 Å². The molecule has 1 saturated carbocycles. The number of nitrogens with zero attached hydrogens (tertiary/aromatic N) is 6. The molecule has 3 saturated heterocycles. The molecule has 1 aromatic carbocycles. The highest BCUT2D eigenvalue weighted by Gasteiger charge is 2.77. The Bertz CT molecular complexity index is 2030. The van der Waals surface area contributed by atoms with Gasteiger partial charge in [0.1, 0.15) is 35.1 Å². The maximum Gasteiger partial charge on any atom is 0.319 e. The molecule has 12 heteroatoms. The Labute approximate surface area is 276 Å². The number of ether oxygens (including phenoxy) is 2. The van der Waals surface area contributed by atoms with Crippen molar-refractivity contribution in [2.24, 2.45) is 5.41 Å². The van der Waals surface area contributed by atoms with Crippen LogP contribution in [0.2, 0.25) is 0 Å². The monoisotopic (exact) mass is 655 g/mol. The second-order valence-corrected chi connectivity index (χ2v) is 14.3. The largest absolute Gasteiger partial charge is 0.472 e. The first-order valence-electron chi connectivity index (χ1n) is 16.8. The molecule has 3 aromatic heterocycles. The van der Waals surface area contributed by atoms with Crippen LogP contribution >= 0.6 is 0 Å². The number of piperazine rings is 1. The molecule has 1 N–H and O–H groups in total. The van der Waals surface area contributed by atoms with Crippen molar-refractivity contribution >= 4 is 27.5 Å². The van der Waals surface area contributed by atoms with Gasteiger partial charge in [-0.3, -0.25) is 9.88 Å². The van der Waals surface area contributed by atoms with Gasteiger partial charge in [0, 0.05) is 66.4 Å². The van der Waals surface area contributed by atoms with E-state index in [1.807, 2.05) is 19.1 Å². The second kappa shape index (κ2) is 10.4. The summed E-state index contributed by atoms with van der Waals surface area (Å²) in [5, 5.41) is 5.38. The maximum absolute atomic E-state index is 17.1. The van der Waals surface area contributed by atoms with E-state index in [1.165, 1.54) is 0 Å². The van der Waals surface area contributed by atoms with Crippen LogP contribution in [0.15, 0.2) is 30.6 Å². The van der Waals surface area contributed by atoms with E-state index in [0.717, 1.165) is 31.2 Å².